The smallest absolute Gasteiger partial charge is 0.328 e. The molecule has 11 heteroatoms. The van der Waals surface area contributed by atoms with E-state index in [1.54, 1.807) is 42.8 Å². The SMILES string of the molecule is CO[C@H]1C=CC=CC=CC[C@@H](OC(=O)[C@H](C)NC(=O)C2=CCCCC2)[C@H](C)[C@H](O)C(C)=CCCc2c(O)c(cc3ncsc23)NC(=O)C1. The van der Waals surface area contributed by atoms with E-state index in [4.69, 9.17) is 9.47 Å². The molecule has 1 aliphatic heterocycles. The van der Waals surface area contributed by atoms with E-state index in [1.165, 1.54) is 18.4 Å². The molecule has 0 saturated heterocycles. The van der Waals surface area contributed by atoms with E-state index in [9.17, 15) is 24.6 Å². The number of amides is 2. The fourth-order valence-electron chi connectivity index (χ4n) is 5.80. The van der Waals surface area contributed by atoms with Crippen molar-refractivity contribution in [1.82, 2.24) is 10.3 Å². The quantitative estimate of drug-likeness (QED) is 0.166. The van der Waals surface area contributed by atoms with Gasteiger partial charge in [0.25, 0.3) is 0 Å². The third-order valence-electron chi connectivity index (χ3n) is 8.78. The molecule has 5 atom stereocenters. The molecule has 2 aromatic rings. The maximum atomic E-state index is 13.2. The van der Waals surface area contributed by atoms with Crippen LogP contribution in [0, 0.1) is 5.92 Å². The van der Waals surface area contributed by atoms with E-state index in [0.29, 0.717) is 47.9 Å². The second-order valence-electron chi connectivity index (χ2n) is 12.3. The minimum Gasteiger partial charge on any atom is -0.505 e. The molecule has 10 nitrogen and oxygen atoms in total. The summed E-state index contributed by atoms with van der Waals surface area (Å²) in [5, 5.41) is 28.2. The highest BCUT2D eigenvalue weighted by Gasteiger charge is 2.30. The van der Waals surface area contributed by atoms with Gasteiger partial charge in [0.1, 0.15) is 17.9 Å². The Morgan fingerprint density at radius 1 is 1.12 bits per heavy atom. The molecule has 0 spiro atoms. The summed E-state index contributed by atoms with van der Waals surface area (Å²) < 4.78 is 12.2. The lowest BCUT2D eigenvalue weighted by atomic mass is 9.90. The number of thiazole rings is 1. The van der Waals surface area contributed by atoms with E-state index >= 15 is 0 Å². The zero-order valence-corrected chi connectivity index (χ0v) is 28.9. The topological polar surface area (TPSA) is 147 Å². The monoisotopic (exact) mass is 677 g/mol. The van der Waals surface area contributed by atoms with Gasteiger partial charge in [-0.3, -0.25) is 9.59 Å². The van der Waals surface area contributed by atoms with Gasteiger partial charge in [-0.1, -0.05) is 55.5 Å². The van der Waals surface area contributed by atoms with Crippen molar-refractivity contribution >= 4 is 45.0 Å². The largest absolute Gasteiger partial charge is 0.505 e. The van der Waals surface area contributed by atoms with Crippen molar-refractivity contribution in [3.05, 3.63) is 76.9 Å². The van der Waals surface area contributed by atoms with E-state index in [2.05, 4.69) is 15.6 Å². The van der Waals surface area contributed by atoms with Crippen LogP contribution < -0.4 is 10.6 Å². The summed E-state index contributed by atoms with van der Waals surface area (Å²) in [5.41, 5.74) is 4.70. The Morgan fingerprint density at radius 2 is 1.92 bits per heavy atom. The van der Waals surface area contributed by atoms with Crippen molar-refractivity contribution in [1.29, 1.82) is 0 Å². The molecule has 0 saturated carbocycles. The van der Waals surface area contributed by atoms with Gasteiger partial charge in [0.15, 0.2) is 0 Å². The molecule has 258 valence electrons. The van der Waals surface area contributed by atoms with Crippen LogP contribution >= 0.6 is 11.3 Å². The number of aromatic hydroxyl groups is 1. The number of allylic oxidation sites excluding steroid dienone is 6. The third-order valence-corrected chi connectivity index (χ3v) is 9.68. The molecule has 2 amide bonds. The van der Waals surface area contributed by atoms with Crippen LogP contribution in [-0.4, -0.2) is 64.4 Å². The summed E-state index contributed by atoms with van der Waals surface area (Å²) in [6.07, 6.45) is 17.4. The number of ether oxygens (including phenoxy) is 2. The van der Waals surface area contributed by atoms with Gasteiger partial charge in [-0.25, -0.2) is 9.78 Å². The standard InChI is InChI=1S/C37H47N3O7S/c1-23-14-13-18-28-34(43)29(21-30-35(28)48-22-38-30)40-32(41)20-27(46-4)17-11-6-5-7-12-19-31(24(2)33(23)42)47-37(45)25(3)39-36(44)26-15-9-8-10-16-26/h5-7,11-12,14-15,17,21-22,24-25,27,31,33,42-43H,8-10,13,16,18-20H2,1-4H3,(H,39,44)(H,40,41)/t24-,25-,27-,31+,33+/m0/s1. The number of phenolic OH excluding ortho intramolecular Hbond substituents is 1. The van der Waals surface area contributed by atoms with E-state index in [0.717, 1.165) is 24.0 Å². The normalized spacial score (nSPS) is 23.7. The molecular weight excluding hydrogens is 630 g/mol. The molecule has 0 fully saturated rings. The van der Waals surface area contributed by atoms with Crippen LogP contribution in [0.15, 0.2) is 71.3 Å². The molecule has 2 heterocycles. The molecule has 1 aliphatic carbocycles. The summed E-state index contributed by atoms with van der Waals surface area (Å²) in [6.45, 7) is 5.27. The fraction of sp³-hybridized carbons (Fsp3) is 0.459. The van der Waals surface area contributed by atoms with Crippen LogP contribution in [0.3, 0.4) is 0 Å². The number of aromatic nitrogens is 1. The first kappa shape index (κ1) is 36.8. The number of fused-ring (bicyclic) bond motifs is 4. The molecule has 2 bridgehead atoms. The molecule has 48 heavy (non-hydrogen) atoms. The number of anilines is 1. The van der Waals surface area contributed by atoms with Gasteiger partial charge in [0.05, 0.1) is 40.0 Å². The Balaban J connectivity index is 1.57. The minimum absolute atomic E-state index is 0.0163. The number of carbonyl (C=O) groups is 3. The van der Waals surface area contributed by atoms with Gasteiger partial charge in [0.2, 0.25) is 11.8 Å². The number of aliphatic hydroxyl groups is 1. The van der Waals surface area contributed by atoms with Crippen molar-refractivity contribution in [2.45, 2.75) is 96.5 Å². The number of aliphatic hydroxyl groups excluding tert-OH is 1. The van der Waals surface area contributed by atoms with Gasteiger partial charge < -0.3 is 30.3 Å². The first-order valence-electron chi connectivity index (χ1n) is 16.5. The van der Waals surface area contributed by atoms with Crippen LogP contribution in [0.1, 0.15) is 71.3 Å². The summed E-state index contributed by atoms with van der Waals surface area (Å²) in [7, 11) is 1.52. The fourth-order valence-corrected chi connectivity index (χ4v) is 6.65. The maximum Gasteiger partial charge on any atom is 0.328 e. The van der Waals surface area contributed by atoms with Crippen molar-refractivity contribution in [3.8, 4) is 5.75 Å². The average Bonchev–Trinajstić information content (AvgIpc) is 3.55. The van der Waals surface area contributed by atoms with Gasteiger partial charge in [-0.2, -0.15) is 0 Å². The summed E-state index contributed by atoms with van der Waals surface area (Å²) in [6, 6.07) is 0.806. The number of methoxy groups -OCH3 is 1. The van der Waals surface area contributed by atoms with E-state index < -0.39 is 36.2 Å². The predicted octanol–water partition coefficient (Wildman–Crippen LogP) is 6.21. The zero-order valence-electron chi connectivity index (χ0n) is 28.1. The van der Waals surface area contributed by atoms with Gasteiger partial charge in [-0.05, 0) is 64.0 Å². The summed E-state index contributed by atoms with van der Waals surface area (Å²) in [5.74, 6) is -1.62. The lowest BCUT2D eigenvalue weighted by molar-refractivity contribution is -0.156. The van der Waals surface area contributed by atoms with Crippen molar-refractivity contribution in [2.24, 2.45) is 5.92 Å². The number of phenols is 1. The number of nitrogens with one attached hydrogen (secondary N) is 2. The Bertz CT molecular complexity index is 1610. The Morgan fingerprint density at radius 3 is 2.67 bits per heavy atom. The number of hydrogen-bond acceptors (Lipinski definition) is 9. The molecule has 4 rings (SSSR count). The lowest BCUT2D eigenvalue weighted by Crippen LogP contribution is -2.43. The van der Waals surface area contributed by atoms with E-state index in [1.807, 2.05) is 38.2 Å². The maximum absolute atomic E-state index is 13.2. The molecular formula is C37H47N3O7S. The van der Waals surface area contributed by atoms with E-state index in [-0.39, 0.29) is 29.7 Å². The van der Waals surface area contributed by atoms with Crippen LogP contribution in [0.25, 0.3) is 10.2 Å². The number of benzene rings is 1. The molecule has 1 aromatic carbocycles. The molecule has 4 N–H and O–H groups in total. The number of aryl methyl sites for hydroxylation is 1. The number of hydrogen-bond donors (Lipinski definition) is 4. The number of rotatable bonds is 5. The second-order valence-corrected chi connectivity index (χ2v) is 13.2. The highest BCUT2D eigenvalue weighted by molar-refractivity contribution is 7.17. The van der Waals surface area contributed by atoms with Crippen molar-refractivity contribution in [2.75, 3.05) is 12.4 Å². The minimum atomic E-state index is -0.922. The predicted molar refractivity (Wildman–Crippen MR) is 189 cm³/mol. The number of carbonyl (C=O) groups excluding carboxylic acids is 3. The van der Waals surface area contributed by atoms with Gasteiger partial charge >= 0.3 is 5.97 Å². The third kappa shape index (κ3) is 9.98. The van der Waals surface area contributed by atoms with Crippen LogP contribution in [0.4, 0.5) is 5.69 Å². The highest BCUT2D eigenvalue weighted by Crippen LogP contribution is 2.38. The van der Waals surface area contributed by atoms with Gasteiger partial charge in [0, 0.05) is 30.6 Å². The van der Waals surface area contributed by atoms with Crippen LogP contribution in [0.2, 0.25) is 0 Å². The molecule has 0 unspecified atom stereocenters. The number of nitrogens with zero attached hydrogens (tertiary/aromatic N) is 1. The number of esters is 1. The molecule has 0 radical (unpaired) electrons. The van der Waals surface area contributed by atoms with Crippen molar-refractivity contribution < 1.29 is 34.1 Å². The Hall–Kier alpha value is -4.06. The Kier molecular flexibility index (Phi) is 13.7. The first-order chi connectivity index (χ1) is 23.1. The second kappa shape index (κ2) is 17.9. The lowest BCUT2D eigenvalue weighted by Gasteiger charge is -2.29. The van der Waals surface area contributed by atoms with Crippen molar-refractivity contribution in [3.63, 3.8) is 0 Å². The first-order valence-corrected chi connectivity index (χ1v) is 17.4. The zero-order chi connectivity index (χ0) is 34.6. The Labute approximate surface area is 286 Å². The molecule has 2 aliphatic rings. The summed E-state index contributed by atoms with van der Waals surface area (Å²) in [4.78, 5) is 43.2. The van der Waals surface area contributed by atoms with Crippen LogP contribution in [-0.2, 0) is 30.3 Å². The summed E-state index contributed by atoms with van der Waals surface area (Å²) >= 11 is 1.41. The average molecular weight is 678 g/mol. The molecule has 1 aromatic heterocycles. The van der Waals surface area contributed by atoms with Crippen LogP contribution in [0.5, 0.6) is 5.75 Å². The highest BCUT2D eigenvalue weighted by atomic mass is 32.1. The van der Waals surface area contributed by atoms with Gasteiger partial charge in [-0.15, -0.1) is 11.3 Å².